The molecule has 1 saturated carbocycles. The maximum atomic E-state index is 12.2. The van der Waals surface area contributed by atoms with E-state index < -0.39 is 5.54 Å². The van der Waals surface area contributed by atoms with Crippen LogP contribution >= 0.6 is 0 Å². The standard InChI is InChI=1S/C22H24N4O3/c1-28-18-9-5-15(6-10-18)13-19(27)24-14-16-3-7-17(8-4-16)20-25-21(26-29-20)22(23)11-2-12-22/h3-10H,2,11-14,23H2,1H3,(H,24,27). The number of aromatic nitrogens is 2. The number of benzene rings is 2. The quantitative estimate of drug-likeness (QED) is 0.641. The number of nitrogens with one attached hydrogen (secondary N) is 1. The Morgan fingerprint density at radius 1 is 1.14 bits per heavy atom. The van der Waals surface area contributed by atoms with Gasteiger partial charge in [-0.1, -0.05) is 29.4 Å². The summed E-state index contributed by atoms with van der Waals surface area (Å²) in [6, 6.07) is 15.2. The smallest absolute Gasteiger partial charge is 0.257 e. The molecule has 1 aromatic heterocycles. The van der Waals surface area contributed by atoms with E-state index in [0.717, 1.165) is 41.7 Å². The van der Waals surface area contributed by atoms with Crippen LogP contribution in [-0.2, 0) is 23.3 Å². The molecule has 7 nitrogen and oxygen atoms in total. The van der Waals surface area contributed by atoms with Gasteiger partial charge in [0.25, 0.3) is 5.89 Å². The lowest BCUT2D eigenvalue weighted by atomic mass is 9.77. The van der Waals surface area contributed by atoms with Gasteiger partial charge in [0, 0.05) is 12.1 Å². The summed E-state index contributed by atoms with van der Waals surface area (Å²) < 4.78 is 10.5. The minimum Gasteiger partial charge on any atom is -0.497 e. The average molecular weight is 392 g/mol. The number of rotatable bonds is 7. The van der Waals surface area contributed by atoms with Crippen molar-refractivity contribution in [1.29, 1.82) is 0 Å². The van der Waals surface area contributed by atoms with Gasteiger partial charge in [0.2, 0.25) is 5.91 Å². The van der Waals surface area contributed by atoms with Crippen molar-refractivity contribution in [2.75, 3.05) is 7.11 Å². The molecule has 0 atom stereocenters. The highest BCUT2D eigenvalue weighted by Crippen LogP contribution is 2.37. The fraction of sp³-hybridized carbons (Fsp3) is 0.318. The number of carbonyl (C=O) groups excluding carboxylic acids is 1. The highest BCUT2D eigenvalue weighted by atomic mass is 16.5. The van der Waals surface area contributed by atoms with E-state index in [1.165, 1.54) is 0 Å². The summed E-state index contributed by atoms with van der Waals surface area (Å²) in [6.07, 6.45) is 3.20. The SMILES string of the molecule is COc1ccc(CC(=O)NCc2ccc(-c3nc(C4(N)CCC4)no3)cc2)cc1. The van der Waals surface area contributed by atoms with Gasteiger partial charge in [-0.15, -0.1) is 0 Å². The highest BCUT2D eigenvalue weighted by molar-refractivity contribution is 5.78. The number of carbonyl (C=O) groups is 1. The second kappa shape index (κ2) is 8.05. The first kappa shape index (κ1) is 19.1. The van der Waals surface area contributed by atoms with Crippen LogP contribution in [0.5, 0.6) is 5.75 Å². The first-order valence-corrected chi connectivity index (χ1v) is 9.68. The molecule has 7 heteroatoms. The summed E-state index contributed by atoms with van der Waals surface area (Å²) in [5.74, 6) is 1.78. The second-order valence-electron chi connectivity index (χ2n) is 7.43. The third-order valence-corrected chi connectivity index (χ3v) is 5.33. The number of hydrogen-bond acceptors (Lipinski definition) is 6. The van der Waals surface area contributed by atoms with Crippen molar-refractivity contribution < 1.29 is 14.1 Å². The van der Waals surface area contributed by atoms with Crippen LogP contribution in [0.25, 0.3) is 11.5 Å². The lowest BCUT2D eigenvalue weighted by molar-refractivity contribution is -0.120. The number of amides is 1. The van der Waals surface area contributed by atoms with Gasteiger partial charge in [-0.3, -0.25) is 4.79 Å². The van der Waals surface area contributed by atoms with Crippen LogP contribution in [0.3, 0.4) is 0 Å². The molecule has 4 rings (SSSR count). The molecule has 1 heterocycles. The molecule has 0 radical (unpaired) electrons. The van der Waals surface area contributed by atoms with E-state index in [1.807, 2.05) is 48.5 Å². The van der Waals surface area contributed by atoms with Crippen LogP contribution in [0.4, 0.5) is 0 Å². The van der Waals surface area contributed by atoms with Crippen molar-refractivity contribution >= 4 is 5.91 Å². The van der Waals surface area contributed by atoms with Crippen LogP contribution < -0.4 is 15.8 Å². The molecule has 0 bridgehead atoms. The highest BCUT2D eigenvalue weighted by Gasteiger charge is 2.39. The van der Waals surface area contributed by atoms with Gasteiger partial charge in [0.05, 0.1) is 19.1 Å². The van der Waals surface area contributed by atoms with Crippen LogP contribution in [0.2, 0.25) is 0 Å². The summed E-state index contributed by atoms with van der Waals surface area (Å²) in [4.78, 5) is 16.6. The zero-order chi connectivity index (χ0) is 20.3. The van der Waals surface area contributed by atoms with Gasteiger partial charge in [-0.05, 0) is 54.7 Å². The number of nitrogens with two attached hydrogens (primary N) is 1. The molecule has 0 spiro atoms. The Hall–Kier alpha value is -3.19. The van der Waals surface area contributed by atoms with E-state index in [4.69, 9.17) is 15.0 Å². The number of methoxy groups -OCH3 is 1. The summed E-state index contributed by atoms with van der Waals surface area (Å²) in [7, 11) is 1.62. The second-order valence-corrected chi connectivity index (χ2v) is 7.43. The Balaban J connectivity index is 1.31. The molecule has 3 N–H and O–H groups in total. The number of nitrogens with zero attached hydrogens (tertiary/aromatic N) is 2. The zero-order valence-electron chi connectivity index (χ0n) is 16.4. The van der Waals surface area contributed by atoms with Crippen molar-refractivity contribution in [1.82, 2.24) is 15.5 Å². The largest absolute Gasteiger partial charge is 0.497 e. The molecular formula is C22H24N4O3. The van der Waals surface area contributed by atoms with Crippen molar-refractivity contribution in [2.24, 2.45) is 5.73 Å². The lowest BCUT2D eigenvalue weighted by Crippen LogP contribution is -2.44. The Labute approximate surface area is 169 Å². The van der Waals surface area contributed by atoms with Crippen LogP contribution in [-0.4, -0.2) is 23.2 Å². The predicted molar refractivity (Wildman–Crippen MR) is 108 cm³/mol. The van der Waals surface area contributed by atoms with E-state index in [1.54, 1.807) is 7.11 Å². The lowest BCUT2D eigenvalue weighted by Gasteiger charge is -2.34. The van der Waals surface area contributed by atoms with Crippen molar-refractivity contribution in [2.45, 2.75) is 37.8 Å². The van der Waals surface area contributed by atoms with E-state index >= 15 is 0 Å². The molecule has 3 aromatic rings. The van der Waals surface area contributed by atoms with Gasteiger partial charge in [-0.25, -0.2) is 0 Å². The first-order chi connectivity index (χ1) is 14.1. The minimum atomic E-state index is -0.435. The van der Waals surface area contributed by atoms with E-state index in [9.17, 15) is 4.79 Å². The molecule has 1 fully saturated rings. The van der Waals surface area contributed by atoms with Crippen molar-refractivity contribution in [3.8, 4) is 17.2 Å². The average Bonchev–Trinajstić information content (AvgIpc) is 3.22. The van der Waals surface area contributed by atoms with Gasteiger partial charge in [0.15, 0.2) is 5.82 Å². The van der Waals surface area contributed by atoms with Crippen LogP contribution in [0, 0.1) is 0 Å². The zero-order valence-corrected chi connectivity index (χ0v) is 16.4. The van der Waals surface area contributed by atoms with Crippen LogP contribution in [0.15, 0.2) is 53.1 Å². The third kappa shape index (κ3) is 4.30. The van der Waals surface area contributed by atoms with Gasteiger partial charge < -0.3 is 20.3 Å². The molecular weight excluding hydrogens is 368 g/mol. The molecule has 1 aliphatic rings. The summed E-state index contributed by atoms with van der Waals surface area (Å²) in [5.41, 5.74) is 8.58. The maximum absolute atomic E-state index is 12.2. The van der Waals surface area contributed by atoms with Crippen molar-refractivity contribution in [3.63, 3.8) is 0 Å². The molecule has 1 amide bonds. The first-order valence-electron chi connectivity index (χ1n) is 9.68. The normalized spacial score (nSPS) is 14.8. The topological polar surface area (TPSA) is 103 Å². The van der Waals surface area contributed by atoms with E-state index in [2.05, 4.69) is 15.5 Å². The number of hydrogen-bond donors (Lipinski definition) is 2. The van der Waals surface area contributed by atoms with E-state index in [-0.39, 0.29) is 5.91 Å². The number of ether oxygens (including phenoxy) is 1. The minimum absolute atomic E-state index is 0.0328. The van der Waals surface area contributed by atoms with Gasteiger partial charge >= 0.3 is 0 Å². The third-order valence-electron chi connectivity index (χ3n) is 5.33. The molecule has 1 aliphatic carbocycles. The Morgan fingerprint density at radius 3 is 2.45 bits per heavy atom. The van der Waals surface area contributed by atoms with Crippen LogP contribution in [0.1, 0.15) is 36.2 Å². The molecule has 29 heavy (non-hydrogen) atoms. The summed E-state index contributed by atoms with van der Waals surface area (Å²) in [6.45, 7) is 0.455. The summed E-state index contributed by atoms with van der Waals surface area (Å²) in [5, 5.41) is 6.98. The Bertz CT molecular complexity index is 976. The predicted octanol–water partition coefficient (Wildman–Crippen LogP) is 2.94. The molecule has 0 unspecified atom stereocenters. The molecule has 0 saturated heterocycles. The molecule has 150 valence electrons. The van der Waals surface area contributed by atoms with E-state index in [0.29, 0.717) is 24.7 Å². The van der Waals surface area contributed by atoms with Gasteiger partial charge in [0.1, 0.15) is 5.75 Å². The monoisotopic (exact) mass is 392 g/mol. The Morgan fingerprint density at radius 2 is 1.83 bits per heavy atom. The Kier molecular flexibility index (Phi) is 5.31. The molecule has 0 aliphatic heterocycles. The summed E-state index contributed by atoms with van der Waals surface area (Å²) >= 11 is 0. The van der Waals surface area contributed by atoms with Gasteiger partial charge in [-0.2, -0.15) is 4.98 Å². The molecule has 2 aromatic carbocycles. The fourth-order valence-electron chi connectivity index (χ4n) is 3.28. The fourth-order valence-corrected chi connectivity index (χ4v) is 3.28. The maximum Gasteiger partial charge on any atom is 0.257 e. The van der Waals surface area contributed by atoms with Crippen molar-refractivity contribution in [3.05, 3.63) is 65.5 Å².